The number of piperazine rings is 1. The van der Waals surface area contributed by atoms with Crippen LogP contribution in [0.4, 0.5) is 5.69 Å². The molecule has 2 heterocycles. The number of amides is 1. The molecule has 1 saturated heterocycles. The second kappa shape index (κ2) is 10.4. The summed E-state index contributed by atoms with van der Waals surface area (Å²) in [5.41, 5.74) is 6.50. The number of nitrogens with zero attached hydrogens (tertiary/aromatic N) is 1. The quantitative estimate of drug-likeness (QED) is 0.290. The number of rotatable bonds is 6. The van der Waals surface area contributed by atoms with Gasteiger partial charge < -0.3 is 15.1 Å². The van der Waals surface area contributed by atoms with Crippen LogP contribution in [-0.2, 0) is 6.54 Å². The summed E-state index contributed by atoms with van der Waals surface area (Å²) >= 11 is 0. The number of nitrogens with one attached hydrogen (secondary N) is 2. The highest BCUT2D eigenvalue weighted by atomic mass is 16.3. The van der Waals surface area contributed by atoms with Crippen LogP contribution in [0.15, 0.2) is 108 Å². The number of carbonyl (C=O) groups excluding carboxylic acids is 1. The maximum atomic E-state index is 13.1. The van der Waals surface area contributed by atoms with Crippen LogP contribution in [0.3, 0.4) is 0 Å². The Morgan fingerprint density at radius 2 is 1.54 bits per heavy atom. The average molecular weight is 488 g/mol. The Bertz CT molecular complexity index is 1520. The number of furan rings is 1. The van der Waals surface area contributed by atoms with Gasteiger partial charge in [-0.15, -0.1) is 0 Å². The van der Waals surface area contributed by atoms with E-state index in [1.807, 2.05) is 72.8 Å². The number of anilines is 1. The molecule has 5 aromatic rings. The van der Waals surface area contributed by atoms with Crippen LogP contribution < -0.4 is 10.6 Å². The predicted octanol–water partition coefficient (Wildman–Crippen LogP) is 6.42. The Morgan fingerprint density at radius 1 is 0.811 bits per heavy atom. The zero-order chi connectivity index (χ0) is 25.0. The fraction of sp³-hybridized carbons (Fsp3) is 0.156. The van der Waals surface area contributed by atoms with Gasteiger partial charge in [-0.3, -0.25) is 9.69 Å². The first kappa shape index (κ1) is 23.2. The van der Waals surface area contributed by atoms with Crippen molar-refractivity contribution in [2.75, 3.05) is 31.5 Å². The summed E-state index contributed by atoms with van der Waals surface area (Å²) in [5, 5.41) is 7.54. The molecule has 0 spiro atoms. The maximum Gasteiger partial charge on any atom is 0.255 e. The Labute approximate surface area is 216 Å². The van der Waals surface area contributed by atoms with Gasteiger partial charge in [0.1, 0.15) is 11.3 Å². The second-order valence-electron chi connectivity index (χ2n) is 9.45. The standard InChI is InChI=1S/C32H29N3O2/c36-32(26-14-12-25(13-15-26)24-6-2-1-3-7-24)34-29-9-5-4-8-28(29)31-21-27-11-10-23(20-30(27)37-31)22-35-18-16-33-17-19-35/h1-15,20-21,33H,16-19,22H2,(H,34,36). The topological polar surface area (TPSA) is 57.5 Å². The Kier molecular flexibility index (Phi) is 6.55. The highest BCUT2D eigenvalue weighted by molar-refractivity contribution is 6.06. The number of hydrogen-bond donors (Lipinski definition) is 2. The van der Waals surface area contributed by atoms with Gasteiger partial charge >= 0.3 is 0 Å². The molecular weight excluding hydrogens is 458 g/mol. The first-order valence-electron chi connectivity index (χ1n) is 12.7. The zero-order valence-electron chi connectivity index (χ0n) is 20.6. The molecule has 1 fully saturated rings. The van der Waals surface area contributed by atoms with Crippen LogP contribution in [0.25, 0.3) is 33.4 Å². The van der Waals surface area contributed by atoms with E-state index < -0.39 is 0 Å². The fourth-order valence-electron chi connectivity index (χ4n) is 4.88. The summed E-state index contributed by atoms with van der Waals surface area (Å²) < 4.78 is 6.29. The van der Waals surface area contributed by atoms with Gasteiger partial charge in [-0.05, 0) is 53.1 Å². The fourth-order valence-corrected chi connectivity index (χ4v) is 4.88. The van der Waals surface area contributed by atoms with Crippen molar-refractivity contribution in [3.05, 3.63) is 114 Å². The van der Waals surface area contributed by atoms with Gasteiger partial charge in [0.05, 0.1) is 5.69 Å². The van der Waals surface area contributed by atoms with Crippen LogP contribution in [0, 0.1) is 0 Å². The van der Waals surface area contributed by atoms with Crippen LogP contribution in [0.1, 0.15) is 15.9 Å². The van der Waals surface area contributed by atoms with Crippen LogP contribution in [0.2, 0.25) is 0 Å². The summed E-state index contributed by atoms with van der Waals surface area (Å²) in [5.74, 6) is 0.589. The minimum Gasteiger partial charge on any atom is -0.456 e. The molecule has 0 saturated carbocycles. The minimum absolute atomic E-state index is 0.151. The third kappa shape index (κ3) is 5.19. The van der Waals surface area contributed by atoms with E-state index >= 15 is 0 Å². The maximum absolute atomic E-state index is 13.1. The van der Waals surface area contributed by atoms with Crippen molar-refractivity contribution in [3.8, 4) is 22.5 Å². The van der Waals surface area contributed by atoms with E-state index in [9.17, 15) is 4.79 Å². The number of fused-ring (bicyclic) bond motifs is 1. The van der Waals surface area contributed by atoms with Crippen molar-refractivity contribution in [1.82, 2.24) is 10.2 Å². The van der Waals surface area contributed by atoms with Crippen LogP contribution in [-0.4, -0.2) is 37.0 Å². The lowest BCUT2D eigenvalue weighted by Crippen LogP contribution is -2.42. The van der Waals surface area contributed by atoms with Crippen molar-refractivity contribution in [3.63, 3.8) is 0 Å². The van der Waals surface area contributed by atoms with Crippen molar-refractivity contribution in [1.29, 1.82) is 0 Å². The monoisotopic (exact) mass is 487 g/mol. The Balaban J connectivity index is 1.21. The lowest BCUT2D eigenvalue weighted by Gasteiger charge is -2.27. The molecule has 1 aromatic heterocycles. The molecule has 5 heteroatoms. The molecule has 6 rings (SSSR count). The number of para-hydroxylation sites is 1. The molecule has 5 nitrogen and oxygen atoms in total. The van der Waals surface area contributed by atoms with Gasteiger partial charge in [0.25, 0.3) is 5.91 Å². The minimum atomic E-state index is -0.151. The van der Waals surface area contributed by atoms with E-state index in [1.54, 1.807) is 0 Å². The molecule has 184 valence electrons. The van der Waals surface area contributed by atoms with E-state index in [1.165, 1.54) is 5.56 Å². The Morgan fingerprint density at radius 3 is 2.35 bits per heavy atom. The summed E-state index contributed by atoms with van der Waals surface area (Å²) in [6.07, 6.45) is 0. The molecular formula is C32H29N3O2. The highest BCUT2D eigenvalue weighted by Gasteiger charge is 2.15. The molecule has 1 aliphatic heterocycles. The molecule has 0 aliphatic carbocycles. The van der Waals surface area contributed by atoms with Gasteiger partial charge in [-0.1, -0.05) is 66.7 Å². The van der Waals surface area contributed by atoms with Gasteiger partial charge in [0.2, 0.25) is 0 Å². The van der Waals surface area contributed by atoms with Gasteiger partial charge in [-0.25, -0.2) is 0 Å². The molecule has 0 bridgehead atoms. The number of benzene rings is 4. The molecule has 1 aliphatic rings. The van der Waals surface area contributed by atoms with E-state index in [2.05, 4.69) is 45.9 Å². The number of hydrogen-bond acceptors (Lipinski definition) is 4. The van der Waals surface area contributed by atoms with E-state index in [4.69, 9.17) is 4.42 Å². The first-order valence-corrected chi connectivity index (χ1v) is 12.7. The van der Waals surface area contributed by atoms with E-state index in [-0.39, 0.29) is 5.91 Å². The molecule has 0 atom stereocenters. The lowest BCUT2D eigenvalue weighted by atomic mass is 10.0. The molecule has 1 amide bonds. The Hall–Kier alpha value is -4.19. The molecule has 0 unspecified atom stereocenters. The lowest BCUT2D eigenvalue weighted by molar-refractivity contribution is 0.102. The summed E-state index contributed by atoms with van der Waals surface area (Å²) in [4.78, 5) is 15.6. The van der Waals surface area contributed by atoms with E-state index in [0.717, 1.165) is 71.8 Å². The van der Waals surface area contributed by atoms with Crippen molar-refractivity contribution in [2.45, 2.75) is 6.54 Å². The van der Waals surface area contributed by atoms with E-state index in [0.29, 0.717) is 5.56 Å². The second-order valence-corrected chi connectivity index (χ2v) is 9.45. The summed E-state index contributed by atoms with van der Waals surface area (Å²) in [6.45, 7) is 5.11. The third-order valence-electron chi connectivity index (χ3n) is 6.90. The molecule has 37 heavy (non-hydrogen) atoms. The van der Waals surface area contributed by atoms with Gasteiger partial charge in [-0.2, -0.15) is 0 Å². The zero-order valence-corrected chi connectivity index (χ0v) is 20.6. The van der Waals surface area contributed by atoms with Crippen molar-refractivity contribution < 1.29 is 9.21 Å². The van der Waals surface area contributed by atoms with Gasteiger partial charge in [0.15, 0.2) is 0 Å². The average Bonchev–Trinajstić information content (AvgIpc) is 3.38. The van der Waals surface area contributed by atoms with Crippen LogP contribution in [0.5, 0.6) is 0 Å². The molecule has 0 radical (unpaired) electrons. The third-order valence-corrected chi connectivity index (χ3v) is 6.90. The first-order chi connectivity index (χ1) is 18.2. The van der Waals surface area contributed by atoms with Gasteiger partial charge in [0, 0.05) is 49.2 Å². The largest absolute Gasteiger partial charge is 0.456 e. The molecule has 4 aromatic carbocycles. The normalized spacial score (nSPS) is 14.1. The van der Waals surface area contributed by atoms with Crippen molar-refractivity contribution in [2.24, 2.45) is 0 Å². The SMILES string of the molecule is O=C(Nc1ccccc1-c1cc2ccc(CN3CCNCC3)cc2o1)c1ccc(-c2ccccc2)cc1. The summed E-state index contributed by atoms with van der Waals surface area (Å²) in [7, 11) is 0. The number of carbonyl (C=O) groups is 1. The highest BCUT2D eigenvalue weighted by Crippen LogP contribution is 2.33. The van der Waals surface area contributed by atoms with Crippen LogP contribution >= 0.6 is 0 Å². The van der Waals surface area contributed by atoms with Crippen molar-refractivity contribution >= 4 is 22.6 Å². The predicted molar refractivity (Wildman–Crippen MR) is 150 cm³/mol. The molecule has 2 N–H and O–H groups in total. The smallest absolute Gasteiger partial charge is 0.255 e. The summed E-state index contributed by atoms with van der Waals surface area (Å²) in [6, 6.07) is 34.1.